The number of ether oxygens (including phenoxy) is 1. The molecule has 5 nitrogen and oxygen atoms in total. The van der Waals surface area contributed by atoms with E-state index in [-0.39, 0.29) is 12.4 Å². The number of allylic oxidation sites excluding steroid dienone is 1. The summed E-state index contributed by atoms with van der Waals surface area (Å²) in [5, 5.41) is 9.82. The second-order valence-electron chi connectivity index (χ2n) is 6.02. The van der Waals surface area contributed by atoms with Crippen LogP contribution in [0, 0.1) is 0 Å². The van der Waals surface area contributed by atoms with Gasteiger partial charge in [0.1, 0.15) is 5.01 Å². The molecule has 0 spiro atoms. The van der Waals surface area contributed by atoms with Gasteiger partial charge in [-0.2, -0.15) is 0 Å². The first-order valence-electron chi connectivity index (χ1n) is 8.53. The van der Waals surface area contributed by atoms with Crippen LogP contribution in [0.1, 0.15) is 40.2 Å². The highest BCUT2D eigenvalue weighted by Gasteiger charge is 2.11. The number of carboxylic acid groups (broad SMARTS) is 1. The van der Waals surface area contributed by atoms with Gasteiger partial charge >= 0.3 is 11.9 Å². The van der Waals surface area contributed by atoms with Gasteiger partial charge in [0.15, 0.2) is 0 Å². The van der Waals surface area contributed by atoms with Crippen molar-refractivity contribution in [2.75, 3.05) is 7.11 Å². The normalized spacial score (nSPS) is 11.5. The Kier molecular flexibility index (Phi) is 5.98. The van der Waals surface area contributed by atoms with Crippen molar-refractivity contribution < 1.29 is 19.4 Å². The molecule has 0 atom stereocenters. The van der Waals surface area contributed by atoms with Gasteiger partial charge in [-0.25, -0.2) is 9.78 Å². The summed E-state index contributed by atoms with van der Waals surface area (Å²) in [5.41, 5.74) is 3.33. The number of aromatic nitrogens is 1. The zero-order valence-corrected chi connectivity index (χ0v) is 15.7. The molecular weight excluding hydrogens is 362 g/mol. The van der Waals surface area contributed by atoms with Crippen LogP contribution in [-0.4, -0.2) is 29.1 Å². The molecule has 0 aliphatic carbocycles. The minimum Gasteiger partial charge on any atom is -0.481 e. The lowest BCUT2D eigenvalue weighted by atomic mass is 10.0. The van der Waals surface area contributed by atoms with Crippen LogP contribution in [0.2, 0.25) is 0 Å². The fourth-order valence-corrected chi connectivity index (χ4v) is 3.72. The monoisotopic (exact) mass is 381 g/mol. The topological polar surface area (TPSA) is 76.5 Å². The van der Waals surface area contributed by atoms with Gasteiger partial charge in [0.25, 0.3) is 0 Å². The first-order valence-corrected chi connectivity index (χ1v) is 9.35. The zero-order chi connectivity index (χ0) is 19.2. The van der Waals surface area contributed by atoms with E-state index in [0.29, 0.717) is 18.4 Å². The molecule has 3 aromatic rings. The minimum atomic E-state index is -0.805. The number of hydrogen-bond acceptors (Lipinski definition) is 5. The zero-order valence-electron chi connectivity index (χ0n) is 14.8. The SMILES string of the molecule is COC(=O)c1ccc(/C=C(\CCCC(=O)O)c2nc3ccccc3s2)cc1. The summed E-state index contributed by atoms with van der Waals surface area (Å²) in [7, 11) is 1.35. The van der Waals surface area contributed by atoms with Gasteiger partial charge in [0.05, 0.1) is 22.9 Å². The second kappa shape index (κ2) is 8.60. The molecule has 138 valence electrons. The minimum absolute atomic E-state index is 0.115. The van der Waals surface area contributed by atoms with Crippen molar-refractivity contribution in [1.29, 1.82) is 0 Å². The van der Waals surface area contributed by atoms with Crippen molar-refractivity contribution in [3.63, 3.8) is 0 Å². The van der Waals surface area contributed by atoms with Gasteiger partial charge in [0, 0.05) is 6.42 Å². The van der Waals surface area contributed by atoms with Crippen LogP contribution in [0.3, 0.4) is 0 Å². The molecule has 27 heavy (non-hydrogen) atoms. The van der Waals surface area contributed by atoms with E-state index in [2.05, 4.69) is 0 Å². The number of para-hydroxylation sites is 1. The van der Waals surface area contributed by atoms with Gasteiger partial charge in [-0.3, -0.25) is 4.79 Å². The molecule has 0 aliphatic heterocycles. The van der Waals surface area contributed by atoms with Crippen LogP contribution >= 0.6 is 11.3 Å². The first-order chi connectivity index (χ1) is 13.1. The van der Waals surface area contributed by atoms with Crippen molar-refractivity contribution in [1.82, 2.24) is 4.98 Å². The fourth-order valence-electron chi connectivity index (χ4n) is 2.71. The Morgan fingerprint density at radius 3 is 2.52 bits per heavy atom. The number of nitrogens with zero attached hydrogens (tertiary/aromatic N) is 1. The van der Waals surface area contributed by atoms with Gasteiger partial charge in [0.2, 0.25) is 0 Å². The lowest BCUT2D eigenvalue weighted by molar-refractivity contribution is -0.137. The Morgan fingerprint density at radius 2 is 1.85 bits per heavy atom. The average Bonchev–Trinajstić information content (AvgIpc) is 3.11. The van der Waals surface area contributed by atoms with Gasteiger partial charge in [-0.05, 0) is 54.3 Å². The number of fused-ring (bicyclic) bond motifs is 1. The van der Waals surface area contributed by atoms with Crippen molar-refractivity contribution in [3.05, 3.63) is 64.7 Å². The molecule has 1 N–H and O–H groups in total. The van der Waals surface area contributed by atoms with Crippen LogP contribution in [-0.2, 0) is 9.53 Å². The smallest absolute Gasteiger partial charge is 0.337 e. The summed E-state index contributed by atoms with van der Waals surface area (Å²) >= 11 is 1.59. The van der Waals surface area contributed by atoms with Crippen LogP contribution in [0.5, 0.6) is 0 Å². The molecular formula is C21H19NO4S. The largest absolute Gasteiger partial charge is 0.481 e. The number of carboxylic acids is 1. The van der Waals surface area contributed by atoms with Crippen LogP contribution in [0.25, 0.3) is 21.9 Å². The molecule has 2 aromatic carbocycles. The maximum Gasteiger partial charge on any atom is 0.337 e. The van der Waals surface area contributed by atoms with E-state index in [1.165, 1.54) is 7.11 Å². The Balaban J connectivity index is 1.91. The fraction of sp³-hybridized carbons (Fsp3) is 0.190. The van der Waals surface area contributed by atoms with Gasteiger partial charge in [-0.1, -0.05) is 24.3 Å². The van der Waals surface area contributed by atoms with Crippen molar-refractivity contribution >= 4 is 45.1 Å². The van der Waals surface area contributed by atoms with E-state index in [9.17, 15) is 9.59 Å². The number of benzene rings is 2. The number of carbonyl (C=O) groups is 2. The molecule has 0 amide bonds. The van der Waals surface area contributed by atoms with Crippen LogP contribution < -0.4 is 0 Å². The van der Waals surface area contributed by atoms with E-state index < -0.39 is 5.97 Å². The third-order valence-corrected chi connectivity index (χ3v) is 5.19. The number of methoxy groups -OCH3 is 1. The average molecular weight is 381 g/mol. The number of carbonyl (C=O) groups excluding carboxylic acids is 1. The molecule has 0 bridgehead atoms. The maximum absolute atomic E-state index is 11.6. The Labute approximate surface area is 160 Å². The Bertz CT molecular complexity index is 956. The summed E-state index contributed by atoms with van der Waals surface area (Å²) in [6.07, 6.45) is 3.27. The lowest BCUT2D eigenvalue weighted by Gasteiger charge is -2.05. The summed E-state index contributed by atoms with van der Waals surface area (Å²) in [4.78, 5) is 27.1. The van der Waals surface area contributed by atoms with Crippen molar-refractivity contribution in [2.24, 2.45) is 0 Å². The standard InChI is InChI=1S/C21H19NO4S/c1-26-21(25)15-11-9-14(10-12-15)13-16(5-4-8-19(23)24)20-22-17-6-2-3-7-18(17)27-20/h2-3,6-7,9-13H,4-5,8H2,1H3,(H,23,24)/b16-13+. The summed E-state index contributed by atoms with van der Waals surface area (Å²) in [6, 6.07) is 15.0. The van der Waals surface area contributed by atoms with Gasteiger partial charge < -0.3 is 9.84 Å². The highest BCUT2D eigenvalue weighted by Crippen LogP contribution is 2.31. The molecule has 0 unspecified atom stereocenters. The van der Waals surface area contributed by atoms with Crippen LogP contribution in [0.4, 0.5) is 0 Å². The number of esters is 1. The lowest BCUT2D eigenvalue weighted by Crippen LogP contribution is -2.00. The second-order valence-corrected chi connectivity index (χ2v) is 7.05. The highest BCUT2D eigenvalue weighted by atomic mass is 32.1. The van der Waals surface area contributed by atoms with Crippen molar-refractivity contribution in [3.8, 4) is 0 Å². The predicted octanol–water partition coefficient (Wildman–Crippen LogP) is 4.88. The van der Waals surface area contributed by atoms with Crippen molar-refractivity contribution in [2.45, 2.75) is 19.3 Å². The molecule has 6 heteroatoms. The third kappa shape index (κ3) is 4.80. The van der Waals surface area contributed by atoms with E-state index in [1.807, 2.05) is 42.5 Å². The molecule has 0 radical (unpaired) electrons. The number of hydrogen-bond donors (Lipinski definition) is 1. The quantitative estimate of drug-likeness (QED) is 0.590. The van der Waals surface area contributed by atoms with Gasteiger partial charge in [-0.15, -0.1) is 11.3 Å². The maximum atomic E-state index is 11.6. The molecule has 1 heterocycles. The molecule has 0 saturated heterocycles. The third-order valence-electron chi connectivity index (χ3n) is 4.08. The Morgan fingerprint density at radius 1 is 1.11 bits per heavy atom. The molecule has 0 saturated carbocycles. The number of aliphatic carboxylic acids is 1. The number of rotatable bonds is 7. The highest BCUT2D eigenvalue weighted by molar-refractivity contribution is 7.19. The van der Waals surface area contributed by atoms with E-state index >= 15 is 0 Å². The predicted molar refractivity (Wildman–Crippen MR) is 107 cm³/mol. The summed E-state index contributed by atoms with van der Waals surface area (Å²) < 4.78 is 5.81. The van der Waals surface area contributed by atoms with E-state index in [4.69, 9.17) is 14.8 Å². The first kappa shape index (κ1) is 18.8. The summed E-state index contributed by atoms with van der Waals surface area (Å²) in [6.45, 7) is 0. The molecule has 3 rings (SSSR count). The molecule has 0 aliphatic rings. The number of thiazole rings is 1. The van der Waals surface area contributed by atoms with Crippen LogP contribution in [0.15, 0.2) is 48.5 Å². The van der Waals surface area contributed by atoms with E-state index in [1.54, 1.807) is 23.5 Å². The van der Waals surface area contributed by atoms with E-state index in [0.717, 1.165) is 26.4 Å². The summed E-state index contributed by atoms with van der Waals surface area (Å²) in [5.74, 6) is -1.18. The molecule has 0 fully saturated rings. The molecule has 1 aromatic heterocycles. The Hall–Kier alpha value is -2.99.